The highest BCUT2D eigenvalue weighted by Crippen LogP contribution is 2.22. The van der Waals surface area contributed by atoms with Crippen LogP contribution in [0.25, 0.3) is 0 Å². The lowest BCUT2D eigenvalue weighted by atomic mass is 10.0. The Morgan fingerprint density at radius 2 is 2.00 bits per heavy atom. The Bertz CT molecular complexity index is 606. The summed E-state index contributed by atoms with van der Waals surface area (Å²) in [7, 11) is 0. The van der Waals surface area contributed by atoms with E-state index in [9.17, 15) is 5.11 Å². The summed E-state index contributed by atoms with van der Waals surface area (Å²) < 4.78 is 0. The van der Waals surface area contributed by atoms with Gasteiger partial charge < -0.3 is 10.0 Å². The fraction of sp³-hybridized carbons (Fsp3) is 0.471. The Morgan fingerprint density at radius 3 is 2.68 bits per heavy atom. The third kappa shape index (κ3) is 3.48. The Balaban J connectivity index is 1.57. The monoisotopic (exact) mass is 317 g/mol. The summed E-state index contributed by atoms with van der Waals surface area (Å²) in [5.74, 6) is 0. The fourth-order valence-corrected chi connectivity index (χ4v) is 3.65. The van der Waals surface area contributed by atoms with Crippen LogP contribution in [0.1, 0.15) is 22.8 Å². The quantitative estimate of drug-likeness (QED) is 0.941. The minimum absolute atomic E-state index is 0.411. The van der Waals surface area contributed by atoms with E-state index >= 15 is 0 Å². The zero-order valence-electron chi connectivity index (χ0n) is 13.2. The first-order valence-corrected chi connectivity index (χ1v) is 8.63. The maximum atomic E-state index is 10.6. The molecule has 0 spiro atoms. The molecule has 1 aliphatic rings. The molecule has 0 radical (unpaired) electrons. The molecule has 1 aliphatic heterocycles. The highest BCUT2D eigenvalue weighted by atomic mass is 32.1. The van der Waals surface area contributed by atoms with Gasteiger partial charge in [0.15, 0.2) is 5.13 Å². The highest BCUT2D eigenvalue weighted by Gasteiger charge is 2.21. The van der Waals surface area contributed by atoms with E-state index in [1.54, 1.807) is 11.3 Å². The molecular weight excluding hydrogens is 294 g/mol. The van der Waals surface area contributed by atoms with Crippen molar-refractivity contribution < 1.29 is 5.11 Å². The number of aromatic nitrogens is 1. The van der Waals surface area contributed by atoms with Gasteiger partial charge in [-0.15, -0.1) is 11.3 Å². The van der Waals surface area contributed by atoms with Crippen molar-refractivity contribution in [1.29, 1.82) is 0 Å². The maximum Gasteiger partial charge on any atom is 0.185 e. The number of hydrogen-bond donors (Lipinski definition) is 1. The summed E-state index contributed by atoms with van der Waals surface area (Å²) in [6.45, 7) is 8.75. The van der Waals surface area contributed by atoms with E-state index in [4.69, 9.17) is 0 Å². The van der Waals surface area contributed by atoms with Gasteiger partial charge in [-0.2, -0.15) is 0 Å². The minimum Gasteiger partial charge on any atom is -0.387 e. The summed E-state index contributed by atoms with van der Waals surface area (Å²) in [6.07, 6.45) is 1.45. The number of piperazine rings is 1. The predicted octanol–water partition coefficient (Wildman–Crippen LogP) is 2.62. The molecule has 1 aromatic heterocycles. The number of anilines is 1. The van der Waals surface area contributed by atoms with Crippen LogP contribution in [0.4, 0.5) is 5.13 Å². The van der Waals surface area contributed by atoms with Crippen LogP contribution in [0.3, 0.4) is 0 Å². The maximum absolute atomic E-state index is 10.6. The molecule has 1 atom stereocenters. The van der Waals surface area contributed by atoms with Gasteiger partial charge in [-0.25, -0.2) is 4.98 Å². The number of nitrogens with zero attached hydrogens (tertiary/aromatic N) is 3. The first-order chi connectivity index (χ1) is 10.6. The van der Waals surface area contributed by atoms with Gasteiger partial charge in [-0.1, -0.05) is 23.8 Å². The first kappa shape index (κ1) is 15.5. The van der Waals surface area contributed by atoms with E-state index < -0.39 is 6.10 Å². The van der Waals surface area contributed by atoms with Gasteiger partial charge in [-0.05, 0) is 25.0 Å². The highest BCUT2D eigenvalue weighted by molar-refractivity contribution is 7.13. The molecule has 2 aromatic rings. The third-order valence-corrected chi connectivity index (χ3v) is 5.12. The largest absolute Gasteiger partial charge is 0.387 e. The van der Waals surface area contributed by atoms with Crippen molar-refractivity contribution >= 4 is 16.5 Å². The first-order valence-electron chi connectivity index (χ1n) is 7.75. The van der Waals surface area contributed by atoms with Crippen LogP contribution >= 0.6 is 11.3 Å². The van der Waals surface area contributed by atoms with Crippen molar-refractivity contribution in [3.8, 4) is 0 Å². The normalized spacial score (nSPS) is 17.7. The molecule has 0 unspecified atom stereocenters. The third-order valence-electron chi connectivity index (χ3n) is 4.29. The topological polar surface area (TPSA) is 39.6 Å². The second-order valence-corrected chi connectivity index (χ2v) is 6.85. The lowest BCUT2D eigenvalue weighted by molar-refractivity contribution is 0.109. The van der Waals surface area contributed by atoms with Crippen LogP contribution in [0.2, 0.25) is 0 Å². The van der Waals surface area contributed by atoms with E-state index in [1.807, 2.05) is 11.6 Å². The molecule has 1 N–H and O–H groups in total. The molecule has 0 saturated carbocycles. The SMILES string of the molecule is Cc1ccc(C)c([C@@H](O)CN2CCN(c3nccs3)CC2)c1. The average molecular weight is 317 g/mol. The summed E-state index contributed by atoms with van der Waals surface area (Å²) in [4.78, 5) is 9.04. The molecule has 1 aromatic carbocycles. The molecule has 0 amide bonds. The lowest BCUT2D eigenvalue weighted by Gasteiger charge is -2.35. The van der Waals surface area contributed by atoms with Gasteiger partial charge >= 0.3 is 0 Å². The molecule has 118 valence electrons. The number of rotatable bonds is 4. The van der Waals surface area contributed by atoms with Crippen molar-refractivity contribution in [2.75, 3.05) is 37.6 Å². The summed E-state index contributed by atoms with van der Waals surface area (Å²) in [5, 5.41) is 13.7. The van der Waals surface area contributed by atoms with Crippen LogP contribution in [-0.2, 0) is 0 Å². The van der Waals surface area contributed by atoms with Gasteiger partial charge in [0.1, 0.15) is 0 Å². The number of aryl methyl sites for hydroxylation is 2. The molecule has 0 bridgehead atoms. The van der Waals surface area contributed by atoms with Crippen LogP contribution in [0, 0.1) is 13.8 Å². The van der Waals surface area contributed by atoms with E-state index in [1.165, 1.54) is 11.1 Å². The van der Waals surface area contributed by atoms with Crippen molar-refractivity contribution in [3.05, 3.63) is 46.5 Å². The molecule has 2 heterocycles. The summed E-state index contributed by atoms with van der Waals surface area (Å²) >= 11 is 1.69. The molecule has 22 heavy (non-hydrogen) atoms. The molecule has 4 nitrogen and oxygen atoms in total. The van der Waals surface area contributed by atoms with Gasteiger partial charge in [0.2, 0.25) is 0 Å². The molecule has 1 saturated heterocycles. The second kappa shape index (κ2) is 6.77. The average Bonchev–Trinajstić information content (AvgIpc) is 3.05. The van der Waals surface area contributed by atoms with Crippen LogP contribution in [-0.4, -0.2) is 47.7 Å². The van der Waals surface area contributed by atoms with Gasteiger partial charge in [0.25, 0.3) is 0 Å². The van der Waals surface area contributed by atoms with Crippen molar-refractivity contribution in [1.82, 2.24) is 9.88 Å². The van der Waals surface area contributed by atoms with Gasteiger partial charge in [0, 0.05) is 44.3 Å². The van der Waals surface area contributed by atoms with E-state index in [0.717, 1.165) is 36.9 Å². The summed E-state index contributed by atoms with van der Waals surface area (Å²) in [6, 6.07) is 6.29. The predicted molar refractivity (Wildman–Crippen MR) is 91.6 cm³/mol. The van der Waals surface area contributed by atoms with E-state index in [-0.39, 0.29) is 0 Å². The Morgan fingerprint density at radius 1 is 1.23 bits per heavy atom. The van der Waals surface area contributed by atoms with Crippen molar-refractivity contribution in [2.45, 2.75) is 20.0 Å². The Kier molecular flexibility index (Phi) is 4.76. The van der Waals surface area contributed by atoms with E-state index in [2.05, 4.69) is 46.8 Å². The zero-order valence-corrected chi connectivity index (χ0v) is 14.0. The summed E-state index contributed by atoms with van der Waals surface area (Å²) in [5.41, 5.74) is 3.43. The van der Waals surface area contributed by atoms with Gasteiger partial charge in [-0.3, -0.25) is 4.90 Å². The van der Waals surface area contributed by atoms with Gasteiger partial charge in [0.05, 0.1) is 6.10 Å². The standard InChI is InChI=1S/C17H23N3OS/c1-13-3-4-14(2)15(11-13)16(21)12-19-6-8-20(9-7-19)17-18-5-10-22-17/h3-5,10-11,16,21H,6-9,12H2,1-2H3/t16-/m0/s1. The van der Waals surface area contributed by atoms with Crippen molar-refractivity contribution in [3.63, 3.8) is 0 Å². The molecule has 5 heteroatoms. The number of thiazole rings is 1. The fourth-order valence-electron chi connectivity index (χ4n) is 2.96. The Labute approximate surface area is 136 Å². The zero-order chi connectivity index (χ0) is 15.5. The van der Waals surface area contributed by atoms with Crippen LogP contribution in [0.15, 0.2) is 29.8 Å². The van der Waals surface area contributed by atoms with E-state index in [0.29, 0.717) is 6.54 Å². The number of benzene rings is 1. The smallest absolute Gasteiger partial charge is 0.185 e. The second-order valence-electron chi connectivity index (χ2n) is 5.98. The number of β-amino-alcohol motifs (C(OH)–C–C–N with tert-alkyl or cyclic N) is 1. The van der Waals surface area contributed by atoms with Crippen LogP contribution < -0.4 is 4.90 Å². The molecule has 1 fully saturated rings. The number of aliphatic hydroxyl groups is 1. The Hall–Kier alpha value is -1.43. The number of hydrogen-bond acceptors (Lipinski definition) is 5. The molecular formula is C17H23N3OS. The molecule has 0 aliphatic carbocycles. The minimum atomic E-state index is -0.411. The molecule has 3 rings (SSSR count). The lowest BCUT2D eigenvalue weighted by Crippen LogP contribution is -2.47. The van der Waals surface area contributed by atoms with Crippen LogP contribution in [0.5, 0.6) is 0 Å². The number of aliphatic hydroxyl groups excluding tert-OH is 1. The van der Waals surface area contributed by atoms with Crippen molar-refractivity contribution in [2.24, 2.45) is 0 Å².